The molecule has 4 rings (SSSR count). The second-order valence-electron chi connectivity index (χ2n) is 7.48. The second-order valence-corrected chi connectivity index (χ2v) is 8.32. The van der Waals surface area contributed by atoms with Gasteiger partial charge in [-0.2, -0.15) is 5.10 Å². The van der Waals surface area contributed by atoms with Crippen LogP contribution in [0.15, 0.2) is 42.5 Å². The molecule has 6 nitrogen and oxygen atoms in total. The summed E-state index contributed by atoms with van der Waals surface area (Å²) in [5, 5.41) is 7.54. The molecule has 1 saturated heterocycles. The van der Waals surface area contributed by atoms with Crippen LogP contribution in [0.25, 0.3) is 21.8 Å². The minimum absolute atomic E-state index is 0.248. The Bertz CT molecular complexity index is 1160. The predicted molar refractivity (Wildman–Crippen MR) is 123 cm³/mol. The fourth-order valence-electron chi connectivity index (χ4n) is 3.77. The van der Waals surface area contributed by atoms with Crippen LogP contribution in [0.2, 0.25) is 10.0 Å². The van der Waals surface area contributed by atoms with E-state index >= 15 is 0 Å². The molecule has 1 aromatic heterocycles. The fourth-order valence-corrected chi connectivity index (χ4v) is 4.26. The molecular formula is C23H21Cl2N5O. The Balaban J connectivity index is 1.81. The third-order valence-corrected chi connectivity index (χ3v) is 5.90. The van der Waals surface area contributed by atoms with Crippen molar-refractivity contribution >= 4 is 34.8 Å². The number of aromatic nitrogens is 2. The summed E-state index contributed by atoms with van der Waals surface area (Å²) in [6.07, 6.45) is 3.30. The Morgan fingerprint density at radius 3 is 2.45 bits per heavy atom. The molecular weight excluding hydrogens is 433 g/mol. The molecule has 158 valence electrons. The van der Waals surface area contributed by atoms with E-state index in [1.165, 1.54) is 6.42 Å². The van der Waals surface area contributed by atoms with Gasteiger partial charge in [0.25, 0.3) is 5.91 Å². The van der Waals surface area contributed by atoms with Gasteiger partial charge in [-0.15, -0.1) is 0 Å². The maximum absolute atomic E-state index is 13.1. The van der Waals surface area contributed by atoms with Crippen molar-refractivity contribution in [1.29, 1.82) is 0 Å². The van der Waals surface area contributed by atoms with Crippen LogP contribution in [-0.2, 0) is 0 Å². The molecule has 2 aromatic carbocycles. The number of nitrogens with zero attached hydrogens (tertiary/aromatic N) is 4. The first kappa shape index (κ1) is 21.4. The number of hydrogen-bond donors (Lipinski definition) is 1. The van der Waals surface area contributed by atoms with Crippen LogP contribution in [0.3, 0.4) is 0 Å². The van der Waals surface area contributed by atoms with Crippen LogP contribution in [0.4, 0.5) is 5.69 Å². The van der Waals surface area contributed by atoms with E-state index in [1.54, 1.807) is 35.0 Å². The van der Waals surface area contributed by atoms with Crippen molar-refractivity contribution in [3.8, 4) is 16.9 Å². The molecule has 1 amide bonds. The average Bonchev–Trinajstić information content (AvgIpc) is 3.11. The summed E-state index contributed by atoms with van der Waals surface area (Å²) in [5.74, 6) is -0.248. The SMILES string of the molecule is [C-]#[N+]c1ccc(-c2c(C)c(C(=O)NN3CCCCC3)nn2-c2ccc(Cl)cc2Cl)cc1. The van der Waals surface area contributed by atoms with Gasteiger partial charge in [-0.1, -0.05) is 53.9 Å². The zero-order valence-electron chi connectivity index (χ0n) is 17.0. The smallest absolute Gasteiger partial charge is 0.283 e. The van der Waals surface area contributed by atoms with E-state index in [4.69, 9.17) is 29.8 Å². The minimum atomic E-state index is -0.248. The first-order chi connectivity index (χ1) is 15.0. The number of rotatable bonds is 4. The Kier molecular flexibility index (Phi) is 6.28. The van der Waals surface area contributed by atoms with Gasteiger partial charge in [-0.3, -0.25) is 10.2 Å². The summed E-state index contributed by atoms with van der Waals surface area (Å²) < 4.78 is 1.67. The van der Waals surface area contributed by atoms with Crippen molar-refractivity contribution in [2.24, 2.45) is 0 Å². The van der Waals surface area contributed by atoms with Gasteiger partial charge in [0.1, 0.15) is 0 Å². The van der Waals surface area contributed by atoms with Crippen LogP contribution in [0, 0.1) is 13.5 Å². The van der Waals surface area contributed by atoms with Gasteiger partial charge in [0, 0.05) is 23.7 Å². The summed E-state index contributed by atoms with van der Waals surface area (Å²) in [4.78, 5) is 16.5. The lowest BCUT2D eigenvalue weighted by Gasteiger charge is -2.26. The molecule has 0 spiro atoms. The number of benzene rings is 2. The van der Waals surface area contributed by atoms with Crippen LogP contribution in [-0.4, -0.2) is 33.8 Å². The molecule has 8 heteroatoms. The van der Waals surface area contributed by atoms with Gasteiger partial charge < -0.3 is 0 Å². The van der Waals surface area contributed by atoms with Crippen LogP contribution in [0.5, 0.6) is 0 Å². The van der Waals surface area contributed by atoms with Crippen molar-refractivity contribution in [3.63, 3.8) is 0 Å². The molecule has 0 unspecified atom stereocenters. The van der Waals surface area contributed by atoms with Crippen LogP contribution < -0.4 is 5.43 Å². The molecule has 1 N–H and O–H groups in total. The molecule has 0 saturated carbocycles. The van der Waals surface area contributed by atoms with Crippen molar-refractivity contribution in [1.82, 2.24) is 20.2 Å². The number of nitrogens with one attached hydrogen (secondary N) is 1. The normalized spacial score (nSPS) is 14.3. The number of carbonyl (C=O) groups is 1. The van der Waals surface area contributed by atoms with Gasteiger partial charge in [0.05, 0.1) is 23.0 Å². The number of piperidine rings is 1. The first-order valence-electron chi connectivity index (χ1n) is 10.1. The fraction of sp³-hybridized carbons (Fsp3) is 0.261. The lowest BCUT2D eigenvalue weighted by atomic mass is 10.1. The summed E-state index contributed by atoms with van der Waals surface area (Å²) in [5.41, 5.74) is 6.79. The highest BCUT2D eigenvalue weighted by Crippen LogP contribution is 2.33. The first-order valence-corrected chi connectivity index (χ1v) is 10.8. The Morgan fingerprint density at radius 2 is 1.81 bits per heavy atom. The maximum Gasteiger partial charge on any atom is 0.286 e. The van der Waals surface area contributed by atoms with E-state index < -0.39 is 0 Å². The van der Waals surface area contributed by atoms with Crippen molar-refractivity contribution in [2.75, 3.05) is 13.1 Å². The molecule has 1 aliphatic heterocycles. The zero-order valence-corrected chi connectivity index (χ0v) is 18.5. The molecule has 1 fully saturated rings. The molecule has 1 aliphatic rings. The molecule has 0 bridgehead atoms. The third kappa shape index (κ3) is 4.45. The van der Waals surface area contributed by atoms with E-state index in [1.807, 2.05) is 24.1 Å². The maximum atomic E-state index is 13.1. The number of halogens is 2. The number of carbonyl (C=O) groups excluding carboxylic acids is 1. The molecule has 3 aromatic rings. The minimum Gasteiger partial charge on any atom is -0.283 e. The summed E-state index contributed by atoms with van der Waals surface area (Å²) in [6.45, 7) is 10.7. The molecule has 0 radical (unpaired) electrons. The van der Waals surface area contributed by atoms with Crippen molar-refractivity contribution in [2.45, 2.75) is 26.2 Å². The quantitative estimate of drug-likeness (QED) is 0.505. The molecule has 0 aliphatic carbocycles. The Morgan fingerprint density at radius 1 is 1.10 bits per heavy atom. The number of hydrogen-bond acceptors (Lipinski definition) is 3. The van der Waals surface area contributed by atoms with E-state index in [0.717, 1.165) is 42.8 Å². The Labute approximate surface area is 191 Å². The van der Waals surface area contributed by atoms with Gasteiger partial charge >= 0.3 is 0 Å². The average molecular weight is 454 g/mol. The van der Waals surface area contributed by atoms with E-state index in [2.05, 4.69) is 15.4 Å². The largest absolute Gasteiger partial charge is 0.286 e. The van der Waals surface area contributed by atoms with Crippen LogP contribution >= 0.6 is 23.2 Å². The van der Waals surface area contributed by atoms with Gasteiger partial charge in [-0.25, -0.2) is 14.5 Å². The van der Waals surface area contributed by atoms with Crippen molar-refractivity contribution in [3.05, 3.63) is 75.2 Å². The topological polar surface area (TPSA) is 54.5 Å². The summed E-state index contributed by atoms with van der Waals surface area (Å²) in [7, 11) is 0. The summed E-state index contributed by atoms with van der Waals surface area (Å²) >= 11 is 12.6. The Hall–Kier alpha value is -2.85. The molecule has 2 heterocycles. The highest BCUT2D eigenvalue weighted by Gasteiger charge is 2.24. The van der Waals surface area contributed by atoms with Crippen molar-refractivity contribution < 1.29 is 4.79 Å². The highest BCUT2D eigenvalue weighted by molar-refractivity contribution is 6.35. The highest BCUT2D eigenvalue weighted by atomic mass is 35.5. The third-order valence-electron chi connectivity index (χ3n) is 5.36. The molecule has 0 atom stereocenters. The zero-order chi connectivity index (χ0) is 22.0. The van der Waals surface area contributed by atoms with Gasteiger partial charge in [-0.05, 0) is 43.5 Å². The lowest BCUT2D eigenvalue weighted by Crippen LogP contribution is -2.45. The van der Waals surface area contributed by atoms with E-state index in [-0.39, 0.29) is 5.91 Å². The summed E-state index contributed by atoms with van der Waals surface area (Å²) in [6, 6.07) is 12.4. The van der Waals surface area contributed by atoms with E-state index in [9.17, 15) is 4.79 Å². The van der Waals surface area contributed by atoms with Crippen LogP contribution in [0.1, 0.15) is 35.3 Å². The van der Waals surface area contributed by atoms with Gasteiger partial charge in [0.15, 0.2) is 11.4 Å². The van der Waals surface area contributed by atoms with E-state index in [0.29, 0.717) is 27.1 Å². The monoisotopic (exact) mass is 453 g/mol. The number of hydrazine groups is 1. The standard InChI is InChI=1S/C23H21Cl2N5O/c1-15-21(23(31)28-29-12-4-3-5-13-29)27-30(20-11-8-17(24)14-19(20)25)22(15)16-6-9-18(26-2)10-7-16/h6-11,14H,3-5,12-13H2,1H3,(H,28,31). The lowest BCUT2D eigenvalue weighted by molar-refractivity contribution is 0.0743. The van der Waals surface area contributed by atoms with Gasteiger partial charge in [0.2, 0.25) is 0 Å². The number of amides is 1. The molecule has 31 heavy (non-hydrogen) atoms. The predicted octanol–water partition coefficient (Wildman–Crippen LogP) is 5.84. The second kappa shape index (κ2) is 9.11.